The molecule has 0 atom stereocenters. The lowest BCUT2D eigenvalue weighted by Gasteiger charge is -2.09. The summed E-state index contributed by atoms with van der Waals surface area (Å²) in [6.45, 7) is 3.54. The second-order valence-electron chi connectivity index (χ2n) is 6.95. The van der Waals surface area contributed by atoms with E-state index < -0.39 is 0 Å². The van der Waals surface area contributed by atoms with Crippen LogP contribution in [-0.2, 0) is 0 Å². The Morgan fingerprint density at radius 2 is 1.55 bits per heavy atom. The van der Waals surface area contributed by atoms with E-state index in [9.17, 15) is 9.59 Å². The van der Waals surface area contributed by atoms with E-state index in [1.165, 1.54) is 0 Å². The smallest absolute Gasteiger partial charge is 0.339 e. The highest BCUT2D eigenvalue weighted by molar-refractivity contribution is 5.97. The Morgan fingerprint density at radius 1 is 0.862 bits per heavy atom. The normalized spacial score (nSPS) is 10.8. The van der Waals surface area contributed by atoms with Crippen LogP contribution in [-0.4, -0.2) is 12.4 Å². The third kappa shape index (κ3) is 3.83. The highest BCUT2D eigenvalue weighted by atomic mass is 16.5. The molecule has 4 rings (SSSR count). The topological polar surface area (TPSA) is 56.5 Å². The van der Waals surface area contributed by atoms with Gasteiger partial charge in [0, 0.05) is 22.6 Å². The first-order chi connectivity index (χ1) is 14.0. The van der Waals surface area contributed by atoms with Crippen molar-refractivity contribution >= 4 is 16.8 Å². The van der Waals surface area contributed by atoms with E-state index in [-0.39, 0.29) is 18.0 Å². The van der Waals surface area contributed by atoms with Crippen molar-refractivity contribution in [1.82, 2.24) is 0 Å². The monoisotopic (exact) mass is 384 g/mol. The van der Waals surface area contributed by atoms with Crippen molar-refractivity contribution in [3.05, 3.63) is 99.9 Å². The SMILES string of the molecule is Cc1c(C)c2ccc(OCC(=O)c3ccc(-c4ccccc4)cc3)cc2oc1=O. The lowest BCUT2D eigenvalue weighted by Crippen LogP contribution is -2.11. The second-order valence-corrected chi connectivity index (χ2v) is 6.95. The number of aryl methyl sites for hydroxylation is 1. The molecule has 144 valence electrons. The third-order valence-corrected chi connectivity index (χ3v) is 5.11. The van der Waals surface area contributed by atoms with Crippen LogP contribution < -0.4 is 10.4 Å². The van der Waals surface area contributed by atoms with Crippen LogP contribution in [0.1, 0.15) is 21.5 Å². The first-order valence-corrected chi connectivity index (χ1v) is 9.38. The minimum Gasteiger partial charge on any atom is -0.485 e. The third-order valence-electron chi connectivity index (χ3n) is 5.11. The van der Waals surface area contributed by atoms with Crippen LogP contribution in [0.2, 0.25) is 0 Å². The van der Waals surface area contributed by atoms with E-state index in [2.05, 4.69) is 0 Å². The summed E-state index contributed by atoms with van der Waals surface area (Å²) in [6.07, 6.45) is 0. The Morgan fingerprint density at radius 3 is 2.28 bits per heavy atom. The summed E-state index contributed by atoms with van der Waals surface area (Å²) < 4.78 is 11.0. The number of benzene rings is 3. The van der Waals surface area contributed by atoms with Gasteiger partial charge in [0.15, 0.2) is 12.4 Å². The van der Waals surface area contributed by atoms with Crippen LogP contribution in [0, 0.1) is 13.8 Å². The predicted molar refractivity (Wildman–Crippen MR) is 114 cm³/mol. The first kappa shape index (κ1) is 18.7. The Labute approximate surface area is 168 Å². The van der Waals surface area contributed by atoms with Crippen molar-refractivity contribution in [1.29, 1.82) is 0 Å². The average molecular weight is 384 g/mol. The highest BCUT2D eigenvalue weighted by Crippen LogP contribution is 2.24. The Balaban J connectivity index is 1.48. The number of fused-ring (bicyclic) bond motifs is 1. The molecule has 0 bridgehead atoms. The van der Waals surface area contributed by atoms with Crippen molar-refractivity contribution in [2.75, 3.05) is 6.61 Å². The Hall–Kier alpha value is -3.66. The minimum atomic E-state index is -0.360. The predicted octanol–water partition coefficient (Wildman–Crippen LogP) is 5.34. The number of hydrogen-bond donors (Lipinski definition) is 0. The van der Waals surface area contributed by atoms with Gasteiger partial charge >= 0.3 is 5.63 Å². The van der Waals surface area contributed by atoms with Crippen LogP contribution in [0.15, 0.2) is 82.0 Å². The van der Waals surface area contributed by atoms with Crippen LogP contribution >= 0.6 is 0 Å². The zero-order chi connectivity index (χ0) is 20.4. The van der Waals surface area contributed by atoms with Gasteiger partial charge in [-0.05, 0) is 42.7 Å². The van der Waals surface area contributed by atoms with Gasteiger partial charge in [-0.2, -0.15) is 0 Å². The van der Waals surface area contributed by atoms with Gasteiger partial charge in [0.2, 0.25) is 0 Å². The molecule has 4 aromatic rings. The fraction of sp³-hybridized carbons (Fsp3) is 0.120. The summed E-state index contributed by atoms with van der Waals surface area (Å²) in [4.78, 5) is 24.4. The maximum atomic E-state index is 12.5. The van der Waals surface area contributed by atoms with Gasteiger partial charge in [0.1, 0.15) is 11.3 Å². The fourth-order valence-corrected chi connectivity index (χ4v) is 3.23. The summed E-state index contributed by atoms with van der Waals surface area (Å²) in [7, 11) is 0. The molecule has 0 fully saturated rings. The molecular weight excluding hydrogens is 364 g/mol. The maximum absolute atomic E-state index is 12.5. The standard InChI is InChI=1S/C25H20O4/c1-16-17(2)25(27)29-24-14-21(12-13-22(16)24)28-15-23(26)20-10-8-19(9-11-20)18-6-4-3-5-7-18/h3-14H,15H2,1-2H3. The van der Waals surface area contributed by atoms with Crippen molar-refractivity contribution in [3.8, 4) is 16.9 Å². The van der Waals surface area contributed by atoms with Crippen molar-refractivity contribution in [2.24, 2.45) is 0 Å². The van der Waals surface area contributed by atoms with Crippen molar-refractivity contribution < 1.29 is 13.9 Å². The van der Waals surface area contributed by atoms with Crippen LogP contribution in [0.5, 0.6) is 5.75 Å². The molecule has 0 spiro atoms. The lowest BCUT2D eigenvalue weighted by atomic mass is 10.0. The zero-order valence-electron chi connectivity index (χ0n) is 16.3. The molecule has 29 heavy (non-hydrogen) atoms. The number of Topliss-reactive ketones (excluding diaryl/α,β-unsaturated/α-hetero) is 1. The number of hydrogen-bond acceptors (Lipinski definition) is 4. The zero-order valence-corrected chi connectivity index (χ0v) is 16.3. The van der Waals surface area contributed by atoms with Crippen molar-refractivity contribution in [3.63, 3.8) is 0 Å². The van der Waals surface area contributed by atoms with E-state index in [1.807, 2.05) is 55.5 Å². The largest absolute Gasteiger partial charge is 0.485 e. The van der Waals surface area contributed by atoms with E-state index >= 15 is 0 Å². The van der Waals surface area contributed by atoms with Crippen LogP contribution in [0.25, 0.3) is 22.1 Å². The molecule has 0 amide bonds. The molecule has 0 aliphatic carbocycles. The molecular formula is C25H20O4. The van der Waals surface area contributed by atoms with E-state index in [4.69, 9.17) is 9.15 Å². The molecule has 4 nitrogen and oxygen atoms in total. The van der Waals surface area contributed by atoms with Gasteiger partial charge < -0.3 is 9.15 Å². The van der Waals surface area contributed by atoms with Gasteiger partial charge in [-0.3, -0.25) is 4.79 Å². The van der Waals surface area contributed by atoms with E-state index in [1.54, 1.807) is 31.2 Å². The molecule has 0 saturated carbocycles. The van der Waals surface area contributed by atoms with E-state index in [0.29, 0.717) is 22.5 Å². The molecule has 0 unspecified atom stereocenters. The molecule has 0 radical (unpaired) electrons. The number of ketones is 1. The average Bonchev–Trinajstić information content (AvgIpc) is 2.76. The molecule has 1 heterocycles. The maximum Gasteiger partial charge on any atom is 0.339 e. The molecule has 0 N–H and O–H groups in total. The number of ether oxygens (including phenoxy) is 1. The molecule has 0 aliphatic rings. The highest BCUT2D eigenvalue weighted by Gasteiger charge is 2.11. The molecule has 4 heteroatoms. The second kappa shape index (κ2) is 7.76. The van der Waals surface area contributed by atoms with Gasteiger partial charge in [0.05, 0.1) is 0 Å². The summed E-state index contributed by atoms with van der Waals surface area (Å²) in [5, 5.41) is 0.859. The molecule has 0 aliphatic heterocycles. The van der Waals surface area contributed by atoms with Gasteiger partial charge in [-0.1, -0.05) is 54.6 Å². The number of carbonyl (C=O) groups excluding carboxylic acids is 1. The Bertz CT molecular complexity index is 1240. The van der Waals surface area contributed by atoms with Gasteiger partial charge in [0.25, 0.3) is 0 Å². The summed E-state index contributed by atoms with van der Waals surface area (Å²) in [6, 6.07) is 22.7. The summed E-state index contributed by atoms with van der Waals surface area (Å²) in [5.41, 5.74) is 4.32. The molecule has 1 aromatic heterocycles. The first-order valence-electron chi connectivity index (χ1n) is 9.38. The quantitative estimate of drug-likeness (QED) is 0.344. The van der Waals surface area contributed by atoms with Crippen LogP contribution in [0.4, 0.5) is 0 Å². The minimum absolute atomic E-state index is 0.0920. The number of rotatable bonds is 5. The Kier molecular flexibility index (Phi) is 5.00. The van der Waals surface area contributed by atoms with E-state index in [0.717, 1.165) is 22.1 Å². The van der Waals surface area contributed by atoms with Gasteiger partial charge in [-0.15, -0.1) is 0 Å². The lowest BCUT2D eigenvalue weighted by molar-refractivity contribution is 0.0921. The van der Waals surface area contributed by atoms with Crippen molar-refractivity contribution in [2.45, 2.75) is 13.8 Å². The summed E-state index contributed by atoms with van der Waals surface area (Å²) in [5.74, 6) is 0.365. The number of carbonyl (C=O) groups is 1. The summed E-state index contributed by atoms with van der Waals surface area (Å²) >= 11 is 0. The van der Waals surface area contributed by atoms with Gasteiger partial charge in [-0.25, -0.2) is 4.79 Å². The van der Waals surface area contributed by atoms with Crippen LogP contribution in [0.3, 0.4) is 0 Å². The molecule has 3 aromatic carbocycles. The fourth-order valence-electron chi connectivity index (χ4n) is 3.23. The molecule has 0 saturated heterocycles.